The summed E-state index contributed by atoms with van der Waals surface area (Å²) in [6.45, 7) is 12.5. The van der Waals surface area contributed by atoms with Crippen LogP contribution in [0, 0.1) is 5.41 Å². The van der Waals surface area contributed by atoms with Crippen molar-refractivity contribution in [2.24, 2.45) is 5.41 Å². The number of carbonyl (C=O) groups is 1. The first-order valence-corrected chi connectivity index (χ1v) is 6.20. The van der Waals surface area contributed by atoms with Gasteiger partial charge in [0.2, 0.25) is 5.91 Å². The van der Waals surface area contributed by atoms with Crippen LogP contribution in [0.4, 0.5) is 0 Å². The van der Waals surface area contributed by atoms with E-state index in [2.05, 4.69) is 46.6 Å². The van der Waals surface area contributed by atoms with Crippen LogP contribution in [0.5, 0.6) is 0 Å². The summed E-state index contributed by atoms with van der Waals surface area (Å²) in [5, 5.41) is 0. The highest BCUT2D eigenvalue weighted by Crippen LogP contribution is 2.22. The molecular weight excluding hydrogens is 200 g/mol. The van der Waals surface area contributed by atoms with Crippen molar-refractivity contribution in [3.8, 4) is 0 Å². The first kappa shape index (κ1) is 13.5. The van der Waals surface area contributed by atoms with E-state index in [0.717, 1.165) is 13.1 Å². The van der Waals surface area contributed by atoms with Crippen molar-refractivity contribution in [2.45, 2.75) is 53.1 Å². The molecule has 94 valence electrons. The summed E-state index contributed by atoms with van der Waals surface area (Å²) in [5.41, 5.74) is 0.0902. The molecule has 0 radical (unpaired) electrons. The Morgan fingerprint density at radius 3 is 2.00 bits per heavy atom. The Balaban J connectivity index is 2.58. The van der Waals surface area contributed by atoms with E-state index in [0.29, 0.717) is 24.4 Å². The lowest BCUT2D eigenvalue weighted by molar-refractivity contribution is -0.137. The topological polar surface area (TPSA) is 23.6 Å². The largest absolute Gasteiger partial charge is 0.340 e. The van der Waals surface area contributed by atoms with E-state index < -0.39 is 0 Å². The molecule has 1 rings (SSSR count). The van der Waals surface area contributed by atoms with Crippen molar-refractivity contribution in [3.63, 3.8) is 0 Å². The van der Waals surface area contributed by atoms with E-state index in [1.54, 1.807) is 0 Å². The molecule has 1 aliphatic rings. The summed E-state index contributed by atoms with van der Waals surface area (Å²) in [7, 11) is 2.14. The minimum absolute atomic E-state index is 0.0902. The molecule has 3 heteroatoms. The average Bonchev–Trinajstić information content (AvgIpc) is 2.10. The molecule has 0 aromatic rings. The highest BCUT2D eigenvalue weighted by molar-refractivity contribution is 5.77. The molecule has 2 unspecified atom stereocenters. The minimum atomic E-state index is 0.0902. The molecule has 0 aromatic heterocycles. The molecule has 1 heterocycles. The van der Waals surface area contributed by atoms with E-state index in [4.69, 9.17) is 0 Å². The summed E-state index contributed by atoms with van der Waals surface area (Å²) >= 11 is 0. The molecule has 0 N–H and O–H groups in total. The van der Waals surface area contributed by atoms with Crippen molar-refractivity contribution in [1.29, 1.82) is 0 Å². The smallest absolute Gasteiger partial charge is 0.223 e. The van der Waals surface area contributed by atoms with Crippen molar-refractivity contribution in [1.82, 2.24) is 9.80 Å². The van der Waals surface area contributed by atoms with Gasteiger partial charge in [-0.15, -0.1) is 0 Å². The maximum atomic E-state index is 12.1. The second-order valence-corrected chi connectivity index (χ2v) is 6.40. The van der Waals surface area contributed by atoms with Crippen LogP contribution in [-0.4, -0.2) is 47.9 Å². The van der Waals surface area contributed by atoms with Gasteiger partial charge in [0.15, 0.2) is 0 Å². The highest BCUT2D eigenvalue weighted by Gasteiger charge is 2.30. The lowest BCUT2D eigenvalue weighted by Gasteiger charge is -2.43. The van der Waals surface area contributed by atoms with Gasteiger partial charge in [-0.2, -0.15) is 0 Å². The molecule has 1 fully saturated rings. The zero-order chi connectivity index (χ0) is 12.5. The fraction of sp³-hybridized carbons (Fsp3) is 0.923. The van der Waals surface area contributed by atoms with Crippen LogP contribution < -0.4 is 0 Å². The molecule has 0 saturated carbocycles. The molecular formula is C13H26N2O. The molecule has 0 aromatic carbocycles. The summed E-state index contributed by atoms with van der Waals surface area (Å²) in [4.78, 5) is 16.5. The normalized spacial score (nSPS) is 28.2. The fourth-order valence-electron chi connectivity index (χ4n) is 2.17. The molecule has 2 atom stereocenters. The van der Waals surface area contributed by atoms with Gasteiger partial charge in [0.1, 0.15) is 0 Å². The monoisotopic (exact) mass is 226 g/mol. The molecule has 1 aliphatic heterocycles. The molecule has 0 bridgehead atoms. The SMILES string of the molecule is CC1CN(C(=O)CC(C)(C)C)CC(C)N1C. The van der Waals surface area contributed by atoms with Crippen molar-refractivity contribution >= 4 is 5.91 Å². The van der Waals surface area contributed by atoms with Crippen LogP contribution in [-0.2, 0) is 4.79 Å². The Kier molecular flexibility index (Phi) is 4.00. The molecule has 3 nitrogen and oxygen atoms in total. The average molecular weight is 226 g/mol. The van der Waals surface area contributed by atoms with E-state index in [1.165, 1.54) is 0 Å². The number of carbonyl (C=O) groups excluding carboxylic acids is 1. The summed E-state index contributed by atoms with van der Waals surface area (Å²) in [6, 6.07) is 0.931. The first-order valence-electron chi connectivity index (χ1n) is 6.20. The second-order valence-electron chi connectivity index (χ2n) is 6.40. The van der Waals surface area contributed by atoms with Gasteiger partial charge < -0.3 is 4.90 Å². The highest BCUT2D eigenvalue weighted by atomic mass is 16.2. The minimum Gasteiger partial charge on any atom is -0.340 e. The predicted molar refractivity (Wildman–Crippen MR) is 67.3 cm³/mol. The Hall–Kier alpha value is -0.570. The number of likely N-dealkylation sites (N-methyl/N-ethyl adjacent to an activating group) is 1. The number of piperazine rings is 1. The zero-order valence-corrected chi connectivity index (χ0v) is 11.6. The van der Waals surface area contributed by atoms with Crippen LogP contribution in [0.25, 0.3) is 0 Å². The van der Waals surface area contributed by atoms with E-state index in [1.807, 2.05) is 4.90 Å². The second kappa shape index (κ2) is 4.74. The lowest BCUT2D eigenvalue weighted by Crippen LogP contribution is -2.56. The van der Waals surface area contributed by atoms with Crippen molar-refractivity contribution < 1.29 is 4.79 Å². The van der Waals surface area contributed by atoms with E-state index in [-0.39, 0.29) is 5.41 Å². The van der Waals surface area contributed by atoms with E-state index >= 15 is 0 Å². The van der Waals surface area contributed by atoms with Gasteiger partial charge in [0.25, 0.3) is 0 Å². The fourth-order valence-corrected chi connectivity index (χ4v) is 2.17. The number of rotatable bonds is 1. The van der Waals surface area contributed by atoms with Gasteiger partial charge in [-0.25, -0.2) is 0 Å². The van der Waals surface area contributed by atoms with Gasteiger partial charge in [-0.1, -0.05) is 20.8 Å². The number of nitrogens with zero attached hydrogens (tertiary/aromatic N) is 2. The third-order valence-electron chi connectivity index (χ3n) is 3.39. The quantitative estimate of drug-likeness (QED) is 0.682. The Morgan fingerprint density at radius 1 is 1.19 bits per heavy atom. The van der Waals surface area contributed by atoms with Gasteiger partial charge in [0.05, 0.1) is 0 Å². The Morgan fingerprint density at radius 2 is 1.62 bits per heavy atom. The van der Waals surface area contributed by atoms with Crippen LogP contribution in [0.1, 0.15) is 41.0 Å². The van der Waals surface area contributed by atoms with Gasteiger partial charge in [-0.05, 0) is 26.3 Å². The maximum Gasteiger partial charge on any atom is 0.223 e. The standard InChI is InChI=1S/C13H26N2O/c1-10-8-15(9-11(2)14(10)6)12(16)7-13(3,4)5/h10-11H,7-9H2,1-6H3. The maximum absolute atomic E-state index is 12.1. The number of hydrogen-bond acceptors (Lipinski definition) is 2. The summed E-state index contributed by atoms with van der Waals surface area (Å²) < 4.78 is 0. The molecule has 0 spiro atoms. The van der Waals surface area contributed by atoms with E-state index in [9.17, 15) is 4.79 Å². The van der Waals surface area contributed by atoms with Gasteiger partial charge >= 0.3 is 0 Å². The van der Waals surface area contributed by atoms with Crippen LogP contribution in [0.3, 0.4) is 0 Å². The molecule has 1 amide bonds. The zero-order valence-electron chi connectivity index (χ0n) is 11.6. The van der Waals surface area contributed by atoms with Crippen molar-refractivity contribution in [2.75, 3.05) is 20.1 Å². The first-order chi connectivity index (χ1) is 7.20. The van der Waals surface area contributed by atoms with Crippen molar-refractivity contribution in [3.05, 3.63) is 0 Å². The summed E-state index contributed by atoms with van der Waals surface area (Å²) in [6.07, 6.45) is 0.649. The van der Waals surface area contributed by atoms with Crippen LogP contribution in [0.15, 0.2) is 0 Å². The van der Waals surface area contributed by atoms with Gasteiger partial charge in [0, 0.05) is 31.6 Å². The van der Waals surface area contributed by atoms with Crippen LogP contribution in [0.2, 0.25) is 0 Å². The van der Waals surface area contributed by atoms with Crippen LogP contribution >= 0.6 is 0 Å². The molecule has 16 heavy (non-hydrogen) atoms. The third-order valence-corrected chi connectivity index (χ3v) is 3.39. The van der Waals surface area contributed by atoms with Gasteiger partial charge in [-0.3, -0.25) is 9.69 Å². The molecule has 0 aliphatic carbocycles. The predicted octanol–water partition coefficient (Wildman–Crippen LogP) is 1.97. The summed E-state index contributed by atoms with van der Waals surface area (Å²) in [5.74, 6) is 0.305. The third kappa shape index (κ3) is 3.48. The number of amides is 1. The lowest BCUT2D eigenvalue weighted by atomic mass is 9.91. The molecule has 1 saturated heterocycles. The Bertz CT molecular complexity index is 245. The Labute approximate surface area is 99.8 Å². The number of hydrogen-bond donors (Lipinski definition) is 0.